The Morgan fingerprint density at radius 1 is 0.806 bits per heavy atom. The van der Waals surface area contributed by atoms with Gasteiger partial charge >= 0.3 is 13.8 Å². The van der Waals surface area contributed by atoms with E-state index in [4.69, 9.17) is 13.8 Å². The molecule has 0 fully saturated rings. The van der Waals surface area contributed by atoms with Crippen LogP contribution in [0.5, 0.6) is 0 Å². The summed E-state index contributed by atoms with van der Waals surface area (Å²) in [6, 6.07) is 0. The van der Waals surface area contributed by atoms with Crippen LogP contribution in [0.3, 0.4) is 0 Å². The number of unbranched alkanes of at least 4 members (excludes halogenated alkanes) is 13. The standard InChI is InChI=1S/C28H58NO6P/c1-5-6-7-8-9-10-11-12-13-14-15-16-17-20-26(2)21-22-28(35-27(3)30)25-34-36(31,32)33-24-19-18-23-29-4/h26,28-29H,5-25H2,1-4H3,(H,31,32). The molecule has 8 heteroatoms. The van der Waals surface area contributed by atoms with Crippen molar-refractivity contribution in [2.24, 2.45) is 5.92 Å². The molecule has 0 aliphatic carbocycles. The van der Waals surface area contributed by atoms with Crippen LogP contribution in [0, 0.1) is 5.92 Å². The number of hydrogen-bond acceptors (Lipinski definition) is 6. The van der Waals surface area contributed by atoms with E-state index in [9.17, 15) is 14.3 Å². The molecule has 7 nitrogen and oxygen atoms in total. The molecule has 0 aromatic rings. The Hall–Kier alpha value is -0.460. The fourth-order valence-electron chi connectivity index (χ4n) is 4.33. The molecule has 0 aromatic heterocycles. The molecule has 3 unspecified atom stereocenters. The second-order valence-electron chi connectivity index (χ2n) is 10.4. The molecule has 0 heterocycles. The van der Waals surface area contributed by atoms with Gasteiger partial charge in [0.2, 0.25) is 0 Å². The van der Waals surface area contributed by atoms with Crippen molar-refractivity contribution in [2.45, 2.75) is 142 Å². The second kappa shape index (κ2) is 24.9. The minimum Gasteiger partial charge on any atom is -0.460 e. The van der Waals surface area contributed by atoms with Crippen LogP contribution in [0.1, 0.15) is 136 Å². The highest BCUT2D eigenvalue weighted by molar-refractivity contribution is 7.47. The van der Waals surface area contributed by atoms with Gasteiger partial charge in [-0.25, -0.2) is 4.57 Å². The first-order valence-corrected chi connectivity index (χ1v) is 16.2. The molecule has 0 aromatic carbocycles. The lowest BCUT2D eigenvalue weighted by atomic mass is 9.96. The van der Waals surface area contributed by atoms with E-state index in [1.54, 1.807) is 0 Å². The lowest BCUT2D eigenvalue weighted by Crippen LogP contribution is -2.23. The number of hydrogen-bond donors (Lipinski definition) is 2. The highest BCUT2D eigenvalue weighted by atomic mass is 31.2. The maximum Gasteiger partial charge on any atom is 0.472 e. The molecule has 0 bridgehead atoms. The van der Waals surface area contributed by atoms with Crippen LogP contribution in [-0.2, 0) is 23.1 Å². The van der Waals surface area contributed by atoms with Gasteiger partial charge in [-0.2, -0.15) is 0 Å². The van der Waals surface area contributed by atoms with E-state index in [2.05, 4.69) is 19.2 Å². The average Bonchev–Trinajstić information content (AvgIpc) is 2.83. The average molecular weight is 536 g/mol. The number of rotatable bonds is 27. The van der Waals surface area contributed by atoms with Crippen LogP contribution < -0.4 is 5.32 Å². The lowest BCUT2D eigenvalue weighted by molar-refractivity contribution is -0.148. The van der Waals surface area contributed by atoms with Crippen molar-refractivity contribution < 1.29 is 28.0 Å². The van der Waals surface area contributed by atoms with Gasteiger partial charge in [0.05, 0.1) is 13.2 Å². The van der Waals surface area contributed by atoms with Crippen molar-refractivity contribution in [2.75, 3.05) is 26.8 Å². The van der Waals surface area contributed by atoms with Crippen LogP contribution in [0.15, 0.2) is 0 Å². The first-order chi connectivity index (χ1) is 17.3. The van der Waals surface area contributed by atoms with E-state index in [-0.39, 0.29) is 13.2 Å². The number of carbonyl (C=O) groups excluding carboxylic acids is 1. The first kappa shape index (κ1) is 35.5. The Labute approximate surface area is 222 Å². The molecule has 3 atom stereocenters. The lowest BCUT2D eigenvalue weighted by Gasteiger charge is -2.20. The predicted molar refractivity (Wildman–Crippen MR) is 149 cm³/mol. The van der Waals surface area contributed by atoms with Gasteiger partial charge in [-0.1, -0.05) is 104 Å². The Balaban J connectivity index is 3.88. The summed E-state index contributed by atoms with van der Waals surface area (Å²) in [6.45, 7) is 6.69. The molecule has 0 aliphatic rings. The molecule has 0 radical (unpaired) electrons. The highest BCUT2D eigenvalue weighted by Crippen LogP contribution is 2.43. The quantitative estimate of drug-likeness (QED) is 0.0626. The van der Waals surface area contributed by atoms with Gasteiger partial charge in [-0.3, -0.25) is 13.8 Å². The summed E-state index contributed by atoms with van der Waals surface area (Å²) in [6.07, 6.45) is 21.3. The number of phosphoric acid groups is 1. The number of phosphoric ester groups is 1. The van der Waals surface area contributed by atoms with Crippen molar-refractivity contribution in [3.05, 3.63) is 0 Å². The topological polar surface area (TPSA) is 94.1 Å². The zero-order valence-electron chi connectivity index (χ0n) is 23.9. The zero-order chi connectivity index (χ0) is 26.9. The van der Waals surface area contributed by atoms with E-state index in [1.807, 2.05) is 7.05 Å². The van der Waals surface area contributed by atoms with E-state index in [0.29, 0.717) is 18.8 Å². The molecule has 0 amide bonds. The van der Waals surface area contributed by atoms with Crippen LogP contribution in [0.2, 0.25) is 0 Å². The number of ether oxygens (including phenoxy) is 1. The first-order valence-electron chi connectivity index (χ1n) is 14.7. The number of esters is 1. The Bertz CT molecular complexity index is 548. The number of nitrogens with one attached hydrogen (secondary N) is 1. The van der Waals surface area contributed by atoms with Gasteiger partial charge in [0, 0.05) is 6.92 Å². The van der Waals surface area contributed by atoms with Crippen molar-refractivity contribution in [3.63, 3.8) is 0 Å². The Morgan fingerprint density at radius 2 is 1.36 bits per heavy atom. The smallest absolute Gasteiger partial charge is 0.460 e. The van der Waals surface area contributed by atoms with Gasteiger partial charge in [0.1, 0.15) is 6.10 Å². The molecule has 0 saturated heterocycles. The normalized spacial score (nSPS) is 14.9. The van der Waals surface area contributed by atoms with Gasteiger partial charge in [0.25, 0.3) is 0 Å². The van der Waals surface area contributed by atoms with Crippen molar-refractivity contribution in [1.29, 1.82) is 0 Å². The summed E-state index contributed by atoms with van der Waals surface area (Å²) in [5, 5.41) is 3.02. The van der Waals surface area contributed by atoms with E-state index in [1.165, 1.54) is 90.4 Å². The van der Waals surface area contributed by atoms with Crippen LogP contribution >= 0.6 is 7.82 Å². The molecular weight excluding hydrogens is 477 g/mol. The summed E-state index contributed by atoms with van der Waals surface area (Å²) in [5.74, 6) is 0.105. The van der Waals surface area contributed by atoms with Gasteiger partial charge in [0.15, 0.2) is 0 Å². The molecule has 2 N–H and O–H groups in total. The Kier molecular flexibility index (Phi) is 24.5. The largest absolute Gasteiger partial charge is 0.472 e. The third-order valence-electron chi connectivity index (χ3n) is 6.61. The molecule has 36 heavy (non-hydrogen) atoms. The molecular formula is C28H58NO6P. The third kappa shape index (κ3) is 25.2. The minimum atomic E-state index is -4.14. The highest BCUT2D eigenvalue weighted by Gasteiger charge is 2.24. The summed E-state index contributed by atoms with van der Waals surface area (Å²) < 4.78 is 27.5. The van der Waals surface area contributed by atoms with Gasteiger partial charge < -0.3 is 14.9 Å². The van der Waals surface area contributed by atoms with Crippen LogP contribution in [0.25, 0.3) is 0 Å². The number of carbonyl (C=O) groups is 1. The van der Waals surface area contributed by atoms with Crippen LogP contribution in [0.4, 0.5) is 0 Å². The minimum absolute atomic E-state index is 0.130. The zero-order valence-corrected chi connectivity index (χ0v) is 24.8. The fourth-order valence-corrected chi connectivity index (χ4v) is 5.12. The molecule has 216 valence electrons. The summed E-state index contributed by atoms with van der Waals surface area (Å²) in [4.78, 5) is 21.3. The maximum absolute atomic E-state index is 12.1. The van der Waals surface area contributed by atoms with Gasteiger partial charge in [-0.15, -0.1) is 0 Å². The molecule has 0 rings (SSSR count). The van der Waals surface area contributed by atoms with E-state index >= 15 is 0 Å². The molecule has 0 saturated carbocycles. The summed E-state index contributed by atoms with van der Waals surface area (Å²) >= 11 is 0. The summed E-state index contributed by atoms with van der Waals surface area (Å²) in [5.41, 5.74) is 0. The monoisotopic (exact) mass is 535 g/mol. The summed E-state index contributed by atoms with van der Waals surface area (Å²) in [7, 11) is -2.28. The van der Waals surface area contributed by atoms with Crippen molar-refractivity contribution in [1.82, 2.24) is 5.32 Å². The van der Waals surface area contributed by atoms with E-state index < -0.39 is 19.9 Å². The third-order valence-corrected chi connectivity index (χ3v) is 7.60. The van der Waals surface area contributed by atoms with Crippen LogP contribution in [-0.4, -0.2) is 43.8 Å². The SMILES string of the molecule is CCCCCCCCCCCCCCCC(C)CCC(COP(=O)(O)OCCCCNC)OC(C)=O. The van der Waals surface area contributed by atoms with E-state index in [0.717, 1.165) is 25.8 Å². The van der Waals surface area contributed by atoms with Crippen molar-refractivity contribution in [3.8, 4) is 0 Å². The van der Waals surface area contributed by atoms with Crippen molar-refractivity contribution >= 4 is 13.8 Å². The second-order valence-corrected chi connectivity index (χ2v) is 11.8. The molecule has 0 aliphatic heterocycles. The maximum atomic E-state index is 12.1. The fraction of sp³-hybridized carbons (Fsp3) is 0.964. The Morgan fingerprint density at radius 3 is 1.89 bits per heavy atom. The predicted octanol–water partition coefficient (Wildman–Crippen LogP) is 7.95. The van der Waals surface area contributed by atoms with Gasteiger partial charge in [-0.05, 0) is 45.2 Å². The molecule has 0 spiro atoms.